The van der Waals surface area contributed by atoms with E-state index < -0.39 is 6.10 Å². The molecule has 0 aliphatic carbocycles. The van der Waals surface area contributed by atoms with Crippen LogP contribution in [0.5, 0.6) is 0 Å². The van der Waals surface area contributed by atoms with Crippen LogP contribution in [0.4, 0.5) is 0 Å². The van der Waals surface area contributed by atoms with Crippen LogP contribution < -0.4 is 0 Å². The average Bonchev–Trinajstić information content (AvgIpc) is 3.47. The molecule has 82 heavy (non-hydrogen) atoms. The maximum Gasteiger partial charge on any atom is 0.306 e. The van der Waals surface area contributed by atoms with E-state index >= 15 is 0 Å². The molecule has 0 aliphatic rings. The lowest BCUT2D eigenvalue weighted by Gasteiger charge is -2.18. The first-order valence-corrected chi connectivity index (χ1v) is 33.1. The summed E-state index contributed by atoms with van der Waals surface area (Å²) in [5, 5.41) is 0. The Labute approximate surface area is 504 Å². The molecule has 0 amide bonds. The highest BCUT2D eigenvalue weighted by molar-refractivity contribution is 5.71. The van der Waals surface area contributed by atoms with E-state index in [1.807, 2.05) is 0 Å². The molecule has 0 aromatic heterocycles. The standard InChI is InChI=1S/C76H120O6/c1-4-7-10-13-16-19-22-25-28-31-33-34-35-36-37-38-39-40-41-42-44-45-48-51-54-57-60-63-66-69-75(78)81-72-73(71-80-74(77)68-65-62-59-56-53-50-47-30-27-24-21-18-15-12-9-6-3)82-76(79)70-67-64-61-58-55-52-49-46-43-32-29-26-23-20-17-14-11-8-5-2/h7,10,16-17,19-21,24-26,28-30,33-34,36-37,39-40,42-44,46-48,51,57,60,73H,4-6,8-9,11-15,18,22-23,27,31-32,35,38,41,45,49-50,52-56,58-59,61-72H2,1-3H3/b10-7-,19-16-,20-17-,24-21-,28-25-,29-26-,34-33-,37-36-,40-39-,44-42-,46-43-,47-30-,51-48-,60-57-. The summed E-state index contributed by atoms with van der Waals surface area (Å²) in [7, 11) is 0. The van der Waals surface area contributed by atoms with Gasteiger partial charge in [-0.2, -0.15) is 0 Å². The largest absolute Gasteiger partial charge is 0.462 e. The Hall–Kier alpha value is -5.23. The van der Waals surface area contributed by atoms with E-state index in [4.69, 9.17) is 14.2 Å². The first-order valence-electron chi connectivity index (χ1n) is 33.1. The number of hydrogen-bond acceptors (Lipinski definition) is 6. The molecule has 0 saturated carbocycles. The minimum absolute atomic E-state index is 0.116. The fourth-order valence-corrected chi connectivity index (χ4v) is 8.48. The lowest BCUT2D eigenvalue weighted by atomic mass is 10.1. The number of allylic oxidation sites excluding steroid dienone is 28. The SMILES string of the molecule is CC/C=C\C/C=C\C/C=C\C/C=C\C/C=C\C/C=C\C/C=C\C/C=C\C/C=C\CCCC(=O)OCC(COC(=O)CCCCCCC/C=C\C/C=C\CCCCCC)OC(=O)CCCCCCCC/C=C\C/C=C\C/C=C\CCCCC. The van der Waals surface area contributed by atoms with Crippen LogP contribution in [0.2, 0.25) is 0 Å². The molecule has 0 spiro atoms. The second-order valence-corrected chi connectivity index (χ2v) is 21.3. The lowest BCUT2D eigenvalue weighted by molar-refractivity contribution is -0.167. The molecular formula is C76H120O6. The summed E-state index contributed by atoms with van der Waals surface area (Å²) in [5.41, 5.74) is 0. The normalized spacial score (nSPS) is 13.3. The zero-order valence-electron chi connectivity index (χ0n) is 52.7. The molecule has 0 fully saturated rings. The van der Waals surface area contributed by atoms with E-state index in [-0.39, 0.29) is 37.5 Å². The molecule has 1 unspecified atom stereocenters. The predicted octanol–water partition coefficient (Wildman–Crippen LogP) is 23.0. The highest BCUT2D eigenvalue weighted by atomic mass is 16.6. The molecule has 0 saturated heterocycles. The van der Waals surface area contributed by atoms with Crippen molar-refractivity contribution in [3.8, 4) is 0 Å². The molecule has 0 heterocycles. The van der Waals surface area contributed by atoms with Crippen molar-refractivity contribution in [1.29, 1.82) is 0 Å². The number of esters is 3. The van der Waals surface area contributed by atoms with Crippen molar-refractivity contribution in [2.75, 3.05) is 13.2 Å². The fourth-order valence-electron chi connectivity index (χ4n) is 8.48. The van der Waals surface area contributed by atoms with Crippen LogP contribution >= 0.6 is 0 Å². The van der Waals surface area contributed by atoms with E-state index in [1.165, 1.54) is 70.6 Å². The topological polar surface area (TPSA) is 78.9 Å². The summed E-state index contributed by atoms with van der Waals surface area (Å²) >= 11 is 0. The van der Waals surface area contributed by atoms with Gasteiger partial charge in [-0.05, 0) is 154 Å². The quantitative estimate of drug-likeness (QED) is 0.0261. The molecule has 0 radical (unpaired) electrons. The minimum atomic E-state index is -0.825. The lowest BCUT2D eigenvalue weighted by Crippen LogP contribution is -2.30. The van der Waals surface area contributed by atoms with Crippen molar-refractivity contribution < 1.29 is 28.6 Å². The number of unbranched alkanes of at least 4 members (excludes halogenated alkanes) is 19. The average molecular weight is 1130 g/mol. The Balaban J connectivity index is 4.53. The molecular weight excluding hydrogens is 1010 g/mol. The van der Waals surface area contributed by atoms with E-state index in [0.717, 1.165) is 154 Å². The van der Waals surface area contributed by atoms with Gasteiger partial charge in [0.1, 0.15) is 13.2 Å². The molecule has 0 aromatic carbocycles. The van der Waals surface area contributed by atoms with Gasteiger partial charge in [0, 0.05) is 19.3 Å². The van der Waals surface area contributed by atoms with Crippen molar-refractivity contribution in [2.24, 2.45) is 0 Å². The first kappa shape index (κ1) is 76.8. The summed E-state index contributed by atoms with van der Waals surface area (Å²) in [6.45, 7) is 6.41. The Kier molecular flexibility index (Phi) is 63.9. The Morgan fingerprint density at radius 2 is 0.488 bits per heavy atom. The molecule has 1 atom stereocenters. The van der Waals surface area contributed by atoms with Crippen LogP contribution in [0, 0.1) is 0 Å². The Morgan fingerprint density at radius 1 is 0.256 bits per heavy atom. The van der Waals surface area contributed by atoms with Gasteiger partial charge in [0.05, 0.1) is 0 Å². The monoisotopic (exact) mass is 1130 g/mol. The van der Waals surface area contributed by atoms with Crippen molar-refractivity contribution in [3.63, 3.8) is 0 Å². The molecule has 6 nitrogen and oxygen atoms in total. The second kappa shape index (κ2) is 68.3. The van der Waals surface area contributed by atoms with Crippen LogP contribution in [0.15, 0.2) is 170 Å². The van der Waals surface area contributed by atoms with Gasteiger partial charge in [0.2, 0.25) is 0 Å². The summed E-state index contributed by atoms with van der Waals surface area (Å²) in [4.78, 5) is 38.4. The molecule has 0 rings (SSSR count). The molecule has 0 aromatic rings. The Bertz CT molecular complexity index is 1870. The van der Waals surface area contributed by atoms with Crippen LogP contribution in [0.1, 0.15) is 271 Å². The van der Waals surface area contributed by atoms with Crippen molar-refractivity contribution in [1.82, 2.24) is 0 Å². The van der Waals surface area contributed by atoms with Gasteiger partial charge < -0.3 is 14.2 Å². The molecule has 0 N–H and O–H groups in total. The van der Waals surface area contributed by atoms with Crippen LogP contribution in [-0.2, 0) is 28.6 Å². The third kappa shape index (κ3) is 65.6. The highest BCUT2D eigenvalue weighted by Crippen LogP contribution is 2.13. The van der Waals surface area contributed by atoms with Crippen molar-refractivity contribution >= 4 is 17.9 Å². The highest BCUT2D eigenvalue weighted by Gasteiger charge is 2.19. The third-order valence-corrected chi connectivity index (χ3v) is 13.4. The maximum atomic E-state index is 12.9. The van der Waals surface area contributed by atoms with Gasteiger partial charge in [-0.25, -0.2) is 0 Å². The van der Waals surface area contributed by atoms with Gasteiger partial charge in [-0.1, -0.05) is 268 Å². The van der Waals surface area contributed by atoms with Crippen LogP contribution in [0.25, 0.3) is 0 Å². The van der Waals surface area contributed by atoms with Gasteiger partial charge in [0.25, 0.3) is 0 Å². The Morgan fingerprint density at radius 3 is 0.817 bits per heavy atom. The van der Waals surface area contributed by atoms with E-state index in [0.29, 0.717) is 19.3 Å². The van der Waals surface area contributed by atoms with E-state index in [1.54, 1.807) is 0 Å². The van der Waals surface area contributed by atoms with Gasteiger partial charge in [0.15, 0.2) is 6.10 Å². The van der Waals surface area contributed by atoms with Crippen LogP contribution in [0.3, 0.4) is 0 Å². The van der Waals surface area contributed by atoms with E-state index in [2.05, 4.69) is 191 Å². The first-order chi connectivity index (χ1) is 40.5. The number of hydrogen-bond donors (Lipinski definition) is 0. The second-order valence-electron chi connectivity index (χ2n) is 21.3. The fraction of sp³-hybridized carbons (Fsp3) is 0.592. The zero-order chi connectivity index (χ0) is 59.2. The van der Waals surface area contributed by atoms with Gasteiger partial charge >= 0.3 is 17.9 Å². The third-order valence-electron chi connectivity index (χ3n) is 13.4. The predicted molar refractivity (Wildman–Crippen MR) is 357 cm³/mol. The van der Waals surface area contributed by atoms with E-state index in [9.17, 15) is 14.4 Å². The maximum absolute atomic E-state index is 12.9. The summed E-state index contributed by atoms with van der Waals surface area (Å²) < 4.78 is 16.9. The molecule has 6 heteroatoms. The summed E-state index contributed by atoms with van der Waals surface area (Å²) in [5.74, 6) is -1.01. The molecule has 0 bridgehead atoms. The van der Waals surface area contributed by atoms with Gasteiger partial charge in [-0.3, -0.25) is 14.4 Å². The molecule has 0 aliphatic heterocycles. The number of rotatable bonds is 58. The number of ether oxygens (including phenoxy) is 3. The van der Waals surface area contributed by atoms with Crippen molar-refractivity contribution in [2.45, 2.75) is 277 Å². The molecule has 460 valence electrons. The van der Waals surface area contributed by atoms with Crippen LogP contribution in [-0.4, -0.2) is 37.2 Å². The van der Waals surface area contributed by atoms with Gasteiger partial charge in [-0.15, -0.1) is 0 Å². The zero-order valence-corrected chi connectivity index (χ0v) is 52.7. The number of carbonyl (C=O) groups is 3. The summed E-state index contributed by atoms with van der Waals surface area (Å²) in [6.07, 6.45) is 101. The smallest absolute Gasteiger partial charge is 0.306 e. The van der Waals surface area contributed by atoms with Crippen molar-refractivity contribution in [3.05, 3.63) is 170 Å². The number of carbonyl (C=O) groups excluding carboxylic acids is 3. The summed E-state index contributed by atoms with van der Waals surface area (Å²) in [6, 6.07) is 0. The minimum Gasteiger partial charge on any atom is -0.462 e.